The largest absolute Gasteiger partial charge is 0.388 e. The van der Waals surface area contributed by atoms with Gasteiger partial charge >= 0.3 is 0 Å². The van der Waals surface area contributed by atoms with Gasteiger partial charge in [-0.3, -0.25) is 4.98 Å². The molecule has 92 valence electrons. The Kier molecular flexibility index (Phi) is 2.71. The van der Waals surface area contributed by atoms with E-state index in [4.69, 9.17) is 18.0 Å². The molecule has 2 aromatic rings. The van der Waals surface area contributed by atoms with E-state index < -0.39 is 0 Å². The number of anilines is 1. The van der Waals surface area contributed by atoms with Gasteiger partial charge in [0.2, 0.25) is 0 Å². The van der Waals surface area contributed by atoms with Crippen molar-refractivity contribution in [3.63, 3.8) is 0 Å². The first-order valence-corrected chi connectivity index (χ1v) is 6.16. The minimum Gasteiger partial charge on any atom is -0.388 e. The smallest absolute Gasteiger partial charge is 0.128 e. The van der Waals surface area contributed by atoms with Crippen LogP contribution in [-0.4, -0.2) is 26.1 Å². The van der Waals surface area contributed by atoms with Gasteiger partial charge in [-0.2, -0.15) is 0 Å². The highest BCUT2D eigenvalue weighted by Gasteiger charge is 2.20. The van der Waals surface area contributed by atoms with Crippen LogP contribution in [0.15, 0.2) is 30.7 Å². The van der Waals surface area contributed by atoms with Crippen LogP contribution in [0.3, 0.4) is 0 Å². The first-order valence-electron chi connectivity index (χ1n) is 5.75. The molecule has 1 aliphatic rings. The summed E-state index contributed by atoms with van der Waals surface area (Å²) < 4.78 is 2.16. The average molecular weight is 259 g/mol. The van der Waals surface area contributed by atoms with Crippen LogP contribution in [-0.2, 0) is 13.1 Å². The zero-order valence-electron chi connectivity index (χ0n) is 9.78. The second-order valence-corrected chi connectivity index (χ2v) is 4.63. The van der Waals surface area contributed by atoms with Crippen molar-refractivity contribution < 1.29 is 0 Å². The number of hydrogen-bond donors (Lipinski definition) is 1. The fourth-order valence-corrected chi connectivity index (χ4v) is 2.38. The van der Waals surface area contributed by atoms with Gasteiger partial charge in [-0.1, -0.05) is 12.2 Å². The molecular weight excluding hydrogens is 246 g/mol. The Morgan fingerprint density at radius 1 is 1.28 bits per heavy atom. The molecule has 5 nitrogen and oxygen atoms in total. The zero-order valence-corrected chi connectivity index (χ0v) is 10.6. The number of imidazole rings is 1. The van der Waals surface area contributed by atoms with Crippen LogP contribution in [0.25, 0.3) is 0 Å². The molecule has 0 radical (unpaired) electrons. The maximum atomic E-state index is 5.72. The molecule has 18 heavy (non-hydrogen) atoms. The lowest BCUT2D eigenvalue weighted by Gasteiger charge is -2.30. The van der Waals surface area contributed by atoms with Gasteiger partial charge in [-0.15, -0.1) is 0 Å². The summed E-state index contributed by atoms with van der Waals surface area (Å²) in [6.45, 7) is 2.58. The van der Waals surface area contributed by atoms with Crippen molar-refractivity contribution in [2.75, 3.05) is 11.4 Å². The zero-order chi connectivity index (χ0) is 12.5. The highest BCUT2D eigenvalue weighted by molar-refractivity contribution is 7.80. The lowest BCUT2D eigenvalue weighted by atomic mass is 10.2. The van der Waals surface area contributed by atoms with Gasteiger partial charge in [0.1, 0.15) is 16.5 Å². The van der Waals surface area contributed by atoms with Crippen LogP contribution in [0.2, 0.25) is 0 Å². The summed E-state index contributed by atoms with van der Waals surface area (Å²) in [4.78, 5) is 11.2. The van der Waals surface area contributed by atoms with Crippen molar-refractivity contribution in [3.05, 3.63) is 42.2 Å². The molecule has 0 unspecified atom stereocenters. The van der Waals surface area contributed by atoms with Gasteiger partial charge in [0.25, 0.3) is 0 Å². The molecule has 6 heteroatoms. The number of thiocarbonyl (C=S) groups is 1. The van der Waals surface area contributed by atoms with Crippen LogP contribution < -0.4 is 10.6 Å². The summed E-state index contributed by atoms with van der Waals surface area (Å²) in [5, 5.41) is 0. The van der Waals surface area contributed by atoms with Crippen LogP contribution >= 0.6 is 12.2 Å². The molecule has 0 saturated heterocycles. The minimum atomic E-state index is 0.333. The second-order valence-electron chi connectivity index (χ2n) is 4.19. The van der Waals surface area contributed by atoms with E-state index in [-0.39, 0.29) is 0 Å². The quantitative estimate of drug-likeness (QED) is 0.813. The Morgan fingerprint density at radius 2 is 2.17 bits per heavy atom. The van der Waals surface area contributed by atoms with E-state index in [1.165, 1.54) is 0 Å². The van der Waals surface area contributed by atoms with E-state index in [1.807, 2.05) is 24.5 Å². The maximum absolute atomic E-state index is 5.72. The number of fused-ring (bicyclic) bond motifs is 1. The van der Waals surface area contributed by atoms with Crippen LogP contribution in [0.4, 0.5) is 5.69 Å². The lowest BCUT2D eigenvalue weighted by molar-refractivity contribution is 0.559. The third kappa shape index (κ3) is 1.84. The predicted octanol–water partition coefficient (Wildman–Crippen LogP) is 0.932. The van der Waals surface area contributed by atoms with Gasteiger partial charge in [0.05, 0.1) is 12.2 Å². The molecule has 0 aliphatic carbocycles. The van der Waals surface area contributed by atoms with Crippen LogP contribution in [0.5, 0.6) is 0 Å². The molecule has 2 aromatic heterocycles. The monoisotopic (exact) mass is 259 g/mol. The van der Waals surface area contributed by atoms with Crippen molar-refractivity contribution in [2.45, 2.75) is 13.1 Å². The molecule has 0 fully saturated rings. The number of nitrogens with zero attached hydrogens (tertiary/aromatic N) is 4. The Labute approximate surface area is 110 Å². The average Bonchev–Trinajstić information content (AvgIpc) is 2.85. The van der Waals surface area contributed by atoms with E-state index in [0.717, 1.165) is 31.1 Å². The standard InChI is InChI=1S/C12H13N5S/c13-12(18)11-9(2-1-3-15-11)17-7-6-16-5-4-14-10(16)8-17/h1-5H,6-8H2,(H2,13,18). The highest BCUT2D eigenvalue weighted by atomic mass is 32.1. The molecule has 0 aromatic carbocycles. The van der Waals surface area contributed by atoms with Crippen molar-refractivity contribution in [3.8, 4) is 0 Å². The summed E-state index contributed by atoms with van der Waals surface area (Å²) in [7, 11) is 0. The van der Waals surface area contributed by atoms with Gasteiger partial charge in [-0.05, 0) is 12.1 Å². The van der Waals surface area contributed by atoms with Gasteiger partial charge in [0.15, 0.2) is 0 Å². The van der Waals surface area contributed by atoms with Crippen molar-refractivity contribution in [1.29, 1.82) is 0 Å². The number of nitrogens with two attached hydrogens (primary N) is 1. The summed E-state index contributed by atoms with van der Waals surface area (Å²) in [5.41, 5.74) is 7.39. The Hall–Kier alpha value is -1.95. The molecule has 0 amide bonds. The Balaban J connectivity index is 1.95. The van der Waals surface area contributed by atoms with E-state index in [1.54, 1.807) is 6.20 Å². The van der Waals surface area contributed by atoms with E-state index in [9.17, 15) is 0 Å². The predicted molar refractivity (Wildman–Crippen MR) is 73.4 cm³/mol. The molecule has 0 bridgehead atoms. The minimum absolute atomic E-state index is 0.333. The van der Waals surface area contributed by atoms with E-state index in [2.05, 4.69) is 19.4 Å². The fourth-order valence-electron chi connectivity index (χ4n) is 2.22. The number of hydrogen-bond acceptors (Lipinski definition) is 4. The lowest BCUT2D eigenvalue weighted by Crippen LogP contribution is -2.35. The van der Waals surface area contributed by atoms with Crippen LogP contribution in [0, 0.1) is 0 Å². The number of aromatic nitrogens is 3. The highest BCUT2D eigenvalue weighted by Crippen LogP contribution is 2.22. The third-order valence-electron chi connectivity index (χ3n) is 3.11. The Morgan fingerprint density at radius 3 is 3.00 bits per heavy atom. The molecule has 3 rings (SSSR count). The van der Waals surface area contributed by atoms with Crippen molar-refractivity contribution in [2.24, 2.45) is 5.73 Å². The summed E-state index contributed by atoms with van der Waals surface area (Å²) in [6.07, 6.45) is 5.55. The molecule has 0 saturated carbocycles. The fraction of sp³-hybridized carbons (Fsp3) is 0.250. The van der Waals surface area contributed by atoms with Gasteiger partial charge < -0.3 is 15.2 Å². The van der Waals surface area contributed by atoms with E-state index >= 15 is 0 Å². The summed E-state index contributed by atoms with van der Waals surface area (Å²) in [6, 6.07) is 3.90. The number of rotatable bonds is 2. The first-order chi connectivity index (χ1) is 8.75. The molecule has 0 spiro atoms. The molecule has 3 heterocycles. The molecular formula is C12H13N5S. The maximum Gasteiger partial charge on any atom is 0.128 e. The SMILES string of the molecule is NC(=S)c1ncccc1N1CCn2ccnc2C1. The van der Waals surface area contributed by atoms with Crippen molar-refractivity contribution in [1.82, 2.24) is 14.5 Å². The second kappa shape index (κ2) is 4.38. The third-order valence-corrected chi connectivity index (χ3v) is 3.30. The van der Waals surface area contributed by atoms with Gasteiger partial charge in [0, 0.05) is 31.7 Å². The molecule has 1 aliphatic heterocycles. The van der Waals surface area contributed by atoms with Crippen LogP contribution in [0.1, 0.15) is 11.5 Å². The topological polar surface area (TPSA) is 60.0 Å². The van der Waals surface area contributed by atoms with Crippen molar-refractivity contribution >= 4 is 22.9 Å². The Bertz CT molecular complexity index is 592. The molecule has 2 N–H and O–H groups in total. The van der Waals surface area contributed by atoms with Gasteiger partial charge in [-0.25, -0.2) is 4.98 Å². The summed E-state index contributed by atoms with van der Waals surface area (Å²) >= 11 is 5.05. The normalized spacial score (nSPS) is 14.3. The summed E-state index contributed by atoms with van der Waals surface area (Å²) in [5.74, 6) is 1.05. The van der Waals surface area contributed by atoms with E-state index in [0.29, 0.717) is 10.7 Å². The molecule has 0 atom stereocenters. The number of pyridine rings is 1. The first kappa shape index (κ1) is 11.2.